The van der Waals surface area contributed by atoms with Crippen molar-refractivity contribution in [1.82, 2.24) is 5.32 Å². The van der Waals surface area contributed by atoms with E-state index in [-0.39, 0.29) is 0 Å². The summed E-state index contributed by atoms with van der Waals surface area (Å²) in [6.07, 6.45) is 17.3. The van der Waals surface area contributed by atoms with Crippen molar-refractivity contribution in [2.24, 2.45) is 0 Å². The molecule has 0 heterocycles. The van der Waals surface area contributed by atoms with Crippen LogP contribution in [0.15, 0.2) is 0 Å². The highest BCUT2D eigenvalue weighted by Gasteiger charge is 2.04. The average Bonchev–Trinajstić information content (AvgIpc) is 2.45. The fourth-order valence-corrected chi connectivity index (χ4v) is 3.21. The highest BCUT2D eigenvalue weighted by molar-refractivity contribution is 6.08. The standard InChI is InChI=1S/C19H45N2Si/c1-21(2,3)18-14-12-10-8-6-4-5-7-9-11-13-16-20-17-15-19-22/h20H,4-19H2,1-3,22H3/q+1. The first kappa shape index (κ1) is 22.1. The van der Waals surface area contributed by atoms with Gasteiger partial charge in [-0.15, -0.1) is 0 Å². The summed E-state index contributed by atoms with van der Waals surface area (Å²) >= 11 is 0. The van der Waals surface area contributed by atoms with Gasteiger partial charge in [-0.05, 0) is 38.8 Å². The Kier molecular flexibility index (Phi) is 16.1. The summed E-state index contributed by atoms with van der Waals surface area (Å²) in [6.45, 7) is 3.82. The number of nitrogens with zero attached hydrogens (tertiary/aromatic N) is 1. The maximum atomic E-state index is 3.55. The Labute approximate surface area is 144 Å². The molecule has 0 aromatic rings. The molecule has 0 atom stereocenters. The fraction of sp³-hybridized carbons (Fsp3) is 1.00. The monoisotopic (exact) mass is 329 g/mol. The van der Waals surface area contributed by atoms with Gasteiger partial charge < -0.3 is 9.80 Å². The molecule has 1 N–H and O–H groups in total. The Balaban J connectivity index is 3.00. The van der Waals surface area contributed by atoms with E-state index in [0.29, 0.717) is 0 Å². The van der Waals surface area contributed by atoms with Gasteiger partial charge in [-0.25, -0.2) is 0 Å². The van der Waals surface area contributed by atoms with Gasteiger partial charge in [0.2, 0.25) is 0 Å². The molecule has 0 aliphatic rings. The van der Waals surface area contributed by atoms with E-state index in [4.69, 9.17) is 0 Å². The molecule has 0 unspecified atom stereocenters. The Bertz CT molecular complexity index is 214. The summed E-state index contributed by atoms with van der Waals surface area (Å²) in [5, 5.41) is 3.55. The molecule has 0 fully saturated rings. The molecule has 0 amide bonds. The quantitative estimate of drug-likeness (QED) is 0.243. The smallest absolute Gasteiger partial charge is 0.0780 e. The van der Waals surface area contributed by atoms with Gasteiger partial charge in [0.15, 0.2) is 0 Å². The zero-order chi connectivity index (χ0) is 16.5. The van der Waals surface area contributed by atoms with Crippen LogP contribution in [0.25, 0.3) is 0 Å². The molecule has 0 spiro atoms. The zero-order valence-electron chi connectivity index (χ0n) is 16.3. The van der Waals surface area contributed by atoms with E-state index in [1.54, 1.807) is 0 Å². The van der Waals surface area contributed by atoms with Gasteiger partial charge in [-0.1, -0.05) is 57.4 Å². The van der Waals surface area contributed by atoms with Crippen LogP contribution in [-0.4, -0.2) is 55.5 Å². The number of nitrogens with one attached hydrogen (secondary N) is 1. The van der Waals surface area contributed by atoms with Crippen molar-refractivity contribution >= 4 is 10.2 Å². The average molecular weight is 330 g/mol. The van der Waals surface area contributed by atoms with Gasteiger partial charge >= 0.3 is 0 Å². The van der Waals surface area contributed by atoms with Gasteiger partial charge in [0, 0.05) is 10.2 Å². The first-order valence-electron chi connectivity index (χ1n) is 10.1. The number of hydrogen-bond donors (Lipinski definition) is 1. The van der Waals surface area contributed by atoms with E-state index < -0.39 is 0 Å². The minimum Gasteiger partial charge on any atom is -0.331 e. The Morgan fingerprint density at radius 2 is 1.00 bits per heavy atom. The minimum absolute atomic E-state index is 1.12. The molecule has 0 radical (unpaired) electrons. The maximum absolute atomic E-state index is 3.55. The van der Waals surface area contributed by atoms with Crippen molar-refractivity contribution in [1.29, 1.82) is 0 Å². The van der Waals surface area contributed by atoms with Crippen molar-refractivity contribution in [3.05, 3.63) is 0 Å². The second-order valence-corrected chi connectivity index (χ2v) is 9.01. The van der Waals surface area contributed by atoms with Crippen LogP contribution in [0.3, 0.4) is 0 Å². The Morgan fingerprint density at radius 1 is 0.591 bits per heavy atom. The van der Waals surface area contributed by atoms with Crippen LogP contribution in [0, 0.1) is 0 Å². The minimum atomic E-state index is 1.12. The third kappa shape index (κ3) is 20.1. The van der Waals surface area contributed by atoms with Crippen LogP contribution < -0.4 is 5.32 Å². The van der Waals surface area contributed by atoms with Crippen LogP contribution in [0.2, 0.25) is 6.04 Å². The van der Waals surface area contributed by atoms with Crippen molar-refractivity contribution in [2.75, 3.05) is 40.8 Å². The second-order valence-electron chi connectivity index (χ2n) is 8.01. The molecular formula is C19H45N2Si+. The van der Waals surface area contributed by atoms with Crippen molar-refractivity contribution in [3.8, 4) is 0 Å². The Hall–Kier alpha value is 0.137. The van der Waals surface area contributed by atoms with E-state index in [1.165, 1.54) is 113 Å². The molecule has 3 heteroatoms. The van der Waals surface area contributed by atoms with Gasteiger partial charge in [-0.2, -0.15) is 0 Å². The lowest BCUT2D eigenvalue weighted by Crippen LogP contribution is -2.35. The molecule has 0 rings (SSSR count). The van der Waals surface area contributed by atoms with Crippen LogP contribution >= 0.6 is 0 Å². The number of unbranched alkanes of at least 4 members (excludes halogenated alkanes) is 10. The molecule has 0 aliphatic carbocycles. The first-order valence-corrected chi connectivity index (χ1v) is 11.5. The summed E-state index contributed by atoms with van der Waals surface area (Å²) in [5.74, 6) is 0. The Morgan fingerprint density at radius 3 is 1.45 bits per heavy atom. The van der Waals surface area contributed by atoms with Gasteiger partial charge in [0.1, 0.15) is 0 Å². The summed E-state index contributed by atoms with van der Waals surface area (Å²) in [5.41, 5.74) is 0. The molecule has 0 aromatic heterocycles. The number of rotatable bonds is 17. The van der Waals surface area contributed by atoms with E-state index in [1.807, 2.05) is 0 Å². The normalized spacial score (nSPS) is 12.1. The third-order valence-electron chi connectivity index (χ3n) is 4.39. The molecule has 0 aromatic carbocycles. The lowest BCUT2D eigenvalue weighted by molar-refractivity contribution is -0.870. The largest absolute Gasteiger partial charge is 0.331 e. The van der Waals surface area contributed by atoms with E-state index in [2.05, 4.69) is 26.5 Å². The summed E-state index contributed by atoms with van der Waals surface area (Å²) in [6, 6.07) is 1.45. The van der Waals surface area contributed by atoms with Crippen LogP contribution in [0.5, 0.6) is 0 Å². The van der Waals surface area contributed by atoms with Gasteiger partial charge in [0.25, 0.3) is 0 Å². The predicted molar refractivity (Wildman–Crippen MR) is 106 cm³/mol. The molecular weight excluding hydrogens is 284 g/mol. The topological polar surface area (TPSA) is 12.0 Å². The second kappa shape index (κ2) is 16.0. The van der Waals surface area contributed by atoms with E-state index in [9.17, 15) is 0 Å². The van der Waals surface area contributed by atoms with Crippen LogP contribution in [0.1, 0.15) is 77.0 Å². The summed E-state index contributed by atoms with van der Waals surface area (Å²) < 4.78 is 1.12. The maximum Gasteiger partial charge on any atom is 0.0780 e. The van der Waals surface area contributed by atoms with Crippen LogP contribution in [0.4, 0.5) is 0 Å². The van der Waals surface area contributed by atoms with Crippen molar-refractivity contribution in [2.45, 2.75) is 83.1 Å². The summed E-state index contributed by atoms with van der Waals surface area (Å²) in [4.78, 5) is 0. The SMILES string of the molecule is C[N+](C)(C)CCCCCCCCCCCCCNCCC[SiH3]. The third-order valence-corrected chi connectivity index (χ3v) is 5.10. The highest BCUT2D eigenvalue weighted by atomic mass is 28.1. The number of quaternary nitrogens is 1. The lowest BCUT2D eigenvalue weighted by atomic mass is 10.1. The van der Waals surface area contributed by atoms with E-state index in [0.717, 1.165) is 4.48 Å². The molecule has 0 aliphatic heterocycles. The molecule has 0 saturated heterocycles. The molecule has 0 bridgehead atoms. The van der Waals surface area contributed by atoms with Crippen molar-refractivity contribution in [3.63, 3.8) is 0 Å². The van der Waals surface area contributed by atoms with Gasteiger partial charge in [0.05, 0.1) is 27.7 Å². The fourth-order valence-electron chi connectivity index (χ4n) is 2.85. The molecule has 2 nitrogen and oxygen atoms in total. The zero-order valence-corrected chi connectivity index (χ0v) is 18.3. The predicted octanol–water partition coefficient (Wildman–Crippen LogP) is 3.75. The molecule has 22 heavy (non-hydrogen) atoms. The van der Waals surface area contributed by atoms with Gasteiger partial charge in [-0.3, -0.25) is 0 Å². The summed E-state index contributed by atoms with van der Waals surface area (Å²) in [7, 11) is 8.25. The molecule has 0 saturated carbocycles. The first-order chi connectivity index (χ1) is 10.6. The number of hydrogen-bond acceptors (Lipinski definition) is 1. The molecule has 134 valence electrons. The van der Waals surface area contributed by atoms with E-state index >= 15 is 0 Å². The lowest BCUT2D eigenvalue weighted by Gasteiger charge is -2.23. The van der Waals surface area contributed by atoms with Crippen molar-refractivity contribution < 1.29 is 4.48 Å². The van der Waals surface area contributed by atoms with Crippen LogP contribution in [-0.2, 0) is 0 Å². The highest BCUT2D eigenvalue weighted by Crippen LogP contribution is 2.11.